The number of anilines is 1. The van der Waals surface area contributed by atoms with Gasteiger partial charge in [-0.25, -0.2) is 4.90 Å². The van der Waals surface area contributed by atoms with Gasteiger partial charge in [-0.1, -0.05) is 51.1 Å². The fourth-order valence-electron chi connectivity index (χ4n) is 4.05. The van der Waals surface area contributed by atoms with Crippen LogP contribution in [0, 0.1) is 6.92 Å². The van der Waals surface area contributed by atoms with E-state index >= 15 is 0 Å². The van der Waals surface area contributed by atoms with E-state index in [1.54, 1.807) is 11.0 Å². The molecule has 0 radical (unpaired) electrons. The second-order valence-corrected chi connectivity index (χ2v) is 9.19. The van der Waals surface area contributed by atoms with Crippen LogP contribution < -0.4 is 4.90 Å². The van der Waals surface area contributed by atoms with Gasteiger partial charge in [0.1, 0.15) is 6.04 Å². The fourth-order valence-corrected chi connectivity index (χ4v) is 4.05. The molecule has 31 heavy (non-hydrogen) atoms. The topological polar surface area (TPSA) is 57.7 Å². The minimum absolute atomic E-state index is 0.00812. The van der Waals surface area contributed by atoms with Crippen LogP contribution in [0.25, 0.3) is 0 Å². The third-order valence-electron chi connectivity index (χ3n) is 6.36. The van der Waals surface area contributed by atoms with E-state index in [2.05, 4.69) is 13.8 Å². The van der Waals surface area contributed by atoms with Gasteiger partial charge in [0.2, 0.25) is 5.91 Å². The lowest BCUT2D eigenvalue weighted by atomic mass is 9.94. The molecule has 1 atom stereocenters. The molecule has 2 aromatic rings. The Morgan fingerprint density at radius 1 is 1.10 bits per heavy atom. The maximum absolute atomic E-state index is 13.6. The van der Waals surface area contributed by atoms with Crippen LogP contribution in [-0.4, -0.2) is 34.2 Å². The number of hydrogen-bond acceptors (Lipinski definition) is 3. The molecule has 1 unspecified atom stereocenters. The first kappa shape index (κ1) is 22.7. The van der Waals surface area contributed by atoms with E-state index in [1.165, 1.54) is 4.90 Å². The molecule has 5 heteroatoms. The third kappa shape index (κ3) is 4.27. The van der Waals surface area contributed by atoms with Crippen molar-refractivity contribution in [3.8, 4) is 0 Å². The summed E-state index contributed by atoms with van der Waals surface area (Å²) in [5, 5.41) is 0. The van der Waals surface area contributed by atoms with E-state index in [9.17, 15) is 14.4 Å². The molecule has 1 heterocycles. The Labute approximate surface area is 185 Å². The van der Waals surface area contributed by atoms with Crippen molar-refractivity contribution in [3.63, 3.8) is 0 Å². The largest absolute Gasteiger partial charge is 0.321 e. The molecular formula is C26H32N2O3. The number of aryl methyl sites for hydroxylation is 1. The SMILES string of the molecule is CCC(C)(C)N(C(=O)c1ccccc1C)C1CC(=O)N(c2ccc(C(C)C)cc2)C1=O. The van der Waals surface area contributed by atoms with Crippen LogP contribution in [0.1, 0.15) is 74.9 Å². The van der Waals surface area contributed by atoms with Crippen molar-refractivity contribution in [1.29, 1.82) is 0 Å². The number of nitrogens with zero attached hydrogens (tertiary/aromatic N) is 2. The molecule has 1 fully saturated rings. The zero-order chi connectivity index (χ0) is 22.9. The molecular weight excluding hydrogens is 388 g/mol. The molecule has 164 valence electrons. The molecule has 1 aliphatic heterocycles. The summed E-state index contributed by atoms with van der Waals surface area (Å²) in [4.78, 5) is 42.9. The van der Waals surface area contributed by atoms with E-state index in [-0.39, 0.29) is 24.1 Å². The van der Waals surface area contributed by atoms with Gasteiger partial charge in [-0.2, -0.15) is 0 Å². The number of hydrogen-bond donors (Lipinski definition) is 0. The summed E-state index contributed by atoms with van der Waals surface area (Å²) in [7, 11) is 0. The molecule has 2 aromatic carbocycles. The van der Waals surface area contributed by atoms with Gasteiger partial charge >= 0.3 is 0 Å². The molecule has 3 rings (SSSR count). The zero-order valence-corrected chi connectivity index (χ0v) is 19.3. The summed E-state index contributed by atoms with van der Waals surface area (Å²) in [5.74, 6) is -0.472. The molecule has 0 N–H and O–H groups in total. The van der Waals surface area contributed by atoms with Gasteiger partial charge in [-0.15, -0.1) is 0 Å². The standard InChI is InChI=1S/C26H32N2O3/c1-7-26(5,6)28(24(30)21-11-9-8-10-18(21)4)22-16-23(29)27(25(22)31)20-14-12-19(13-15-20)17(2)3/h8-15,17,22H,7,16H2,1-6H3. The highest BCUT2D eigenvalue weighted by atomic mass is 16.2. The van der Waals surface area contributed by atoms with Gasteiger partial charge in [-0.05, 0) is 62.4 Å². The first-order valence-electron chi connectivity index (χ1n) is 10.9. The second kappa shape index (κ2) is 8.66. The normalized spacial score (nSPS) is 16.9. The number of benzene rings is 2. The molecule has 3 amide bonds. The second-order valence-electron chi connectivity index (χ2n) is 9.19. The van der Waals surface area contributed by atoms with Crippen molar-refractivity contribution in [2.24, 2.45) is 0 Å². The lowest BCUT2D eigenvalue weighted by Crippen LogP contribution is -2.55. The quantitative estimate of drug-likeness (QED) is 0.612. The van der Waals surface area contributed by atoms with Crippen LogP contribution in [0.5, 0.6) is 0 Å². The number of imide groups is 1. The average molecular weight is 421 g/mol. The molecule has 1 saturated heterocycles. The molecule has 0 aliphatic carbocycles. The lowest BCUT2D eigenvalue weighted by Gasteiger charge is -2.41. The van der Waals surface area contributed by atoms with Crippen molar-refractivity contribution in [1.82, 2.24) is 4.90 Å². The van der Waals surface area contributed by atoms with Crippen molar-refractivity contribution in [2.75, 3.05) is 4.90 Å². The number of carbonyl (C=O) groups is 3. The molecule has 0 aromatic heterocycles. The first-order chi connectivity index (χ1) is 14.6. The van der Waals surface area contributed by atoms with Crippen LogP contribution >= 0.6 is 0 Å². The van der Waals surface area contributed by atoms with Crippen molar-refractivity contribution in [3.05, 3.63) is 65.2 Å². The fraction of sp³-hybridized carbons (Fsp3) is 0.423. The lowest BCUT2D eigenvalue weighted by molar-refractivity contribution is -0.123. The minimum atomic E-state index is -0.820. The Bertz CT molecular complexity index is 992. The Kier molecular flexibility index (Phi) is 6.35. The summed E-state index contributed by atoms with van der Waals surface area (Å²) in [6.07, 6.45) is 0.650. The summed E-state index contributed by atoms with van der Waals surface area (Å²) >= 11 is 0. The average Bonchev–Trinajstić information content (AvgIpc) is 3.01. The first-order valence-corrected chi connectivity index (χ1v) is 10.9. The summed E-state index contributed by atoms with van der Waals surface area (Å²) in [6, 6.07) is 14.1. The van der Waals surface area contributed by atoms with E-state index in [4.69, 9.17) is 0 Å². The summed E-state index contributed by atoms with van der Waals surface area (Å²) in [6.45, 7) is 12.0. The molecule has 1 aliphatic rings. The van der Waals surface area contributed by atoms with Crippen LogP contribution in [-0.2, 0) is 9.59 Å². The van der Waals surface area contributed by atoms with Crippen LogP contribution in [0.4, 0.5) is 5.69 Å². The van der Waals surface area contributed by atoms with Crippen LogP contribution in [0.2, 0.25) is 0 Å². The number of carbonyl (C=O) groups excluding carboxylic acids is 3. The molecule has 0 spiro atoms. The predicted octanol–water partition coefficient (Wildman–Crippen LogP) is 5.08. The monoisotopic (exact) mass is 420 g/mol. The Hall–Kier alpha value is -2.95. The predicted molar refractivity (Wildman–Crippen MR) is 123 cm³/mol. The third-order valence-corrected chi connectivity index (χ3v) is 6.36. The van der Waals surface area contributed by atoms with Gasteiger partial charge < -0.3 is 4.90 Å². The summed E-state index contributed by atoms with van der Waals surface area (Å²) < 4.78 is 0. The molecule has 0 saturated carbocycles. The highest BCUT2D eigenvalue weighted by Crippen LogP contribution is 2.33. The van der Waals surface area contributed by atoms with Gasteiger partial charge in [0.25, 0.3) is 11.8 Å². The van der Waals surface area contributed by atoms with Gasteiger partial charge in [-0.3, -0.25) is 14.4 Å². The Morgan fingerprint density at radius 2 is 1.71 bits per heavy atom. The van der Waals surface area contributed by atoms with E-state index < -0.39 is 11.6 Å². The van der Waals surface area contributed by atoms with E-state index in [1.807, 2.05) is 70.2 Å². The number of amides is 3. The van der Waals surface area contributed by atoms with E-state index in [0.717, 1.165) is 11.1 Å². The maximum atomic E-state index is 13.6. The zero-order valence-electron chi connectivity index (χ0n) is 19.3. The highest BCUT2D eigenvalue weighted by Gasteiger charge is 2.48. The highest BCUT2D eigenvalue weighted by molar-refractivity contribution is 6.23. The van der Waals surface area contributed by atoms with Crippen molar-refractivity contribution in [2.45, 2.75) is 71.9 Å². The molecule has 5 nitrogen and oxygen atoms in total. The Morgan fingerprint density at radius 3 is 2.26 bits per heavy atom. The number of rotatable bonds is 6. The van der Waals surface area contributed by atoms with Crippen molar-refractivity contribution >= 4 is 23.4 Å². The van der Waals surface area contributed by atoms with Gasteiger partial charge in [0, 0.05) is 11.1 Å². The van der Waals surface area contributed by atoms with E-state index in [0.29, 0.717) is 23.6 Å². The van der Waals surface area contributed by atoms with Gasteiger partial charge in [0.15, 0.2) is 0 Å². The van der Waals surface area contributed by atoms with Crippen LogP contribution in [0.15, 0.2) is 48.5 Å². The molecule has 0 bridgehead atoms. The minimum Gasteiger partial charge on any atom is -0.321 e. The van der Waals surface area contributed by atoms with Crippen LogP contribution in [0.3, 0.4) is 0 Å². The smallest absolute Gasteiger partial charge is 0.257 e. The summed E-state index contributed by atoms with van der Waals surface area (Å²) in [5.41, 5.74) is 2.52. The Balaban J connectivity index is 1.99. The maximum Gasteiger partial charge on any atom is 0.257 e. The van der Waals surface area contributed by atoms with Gasteiger partial charge in [0.05, 0.1) is 12.1 Å². The van der Waals surface area contributed by atoms with Crippen molar-refractivity contribution < 1.29 is 14.4 Å².